The predicted molar refractivity (Wildman–Crippen MR) is 282 cm³/mol. The van der Waals surface area contributed by atoms with Gasteiger partial charge in [0.1, 0.15) is 17.4 Å². The summed E-state index contributed by atoms with van der Waals surface area (Å²) in [6.45, 7) is 23.1. The fourth-order valence-electron chi connectivity index (χ4n) is 5.55. The second-order valence-corrected chi connectivity index (χ2v) is 17.1. The highest BCUT2D eigenvalue weighted by Gasteiger charge is 2.13. The Hall–Kier alpha value is -7.47. The Bertz CT molecular complexity index is 2500. The zero-order valence-electron chi connectivity index (χ0n) is 42.4. The minimum atomic E-state index is -0.0785. The first-order valence-corrected chi connectivity index (χ1v) is 23.3. The van der Waals surface area contributed by atoms with E-state index in [1.54, 1.807) is 77.6 Å². The van der Waals surface area contributed by atoms with E-state index in [-0.39, 0.29) is 98.1 Å². The molecule has 12 heteroatoms. The Morgan fingerprint density at radius 1 is 0.500 bits per heavy atom. The molecule has 0 saturated carbocycles. The van der Waals surface area contributed by atoms with Crippen LogP contribution in [0.5, 0.6) is 0 Å². The molecule has 0 fully saturated rings. The van der Waals surface area contributed by atoms with Crippen LogP contribution in [-0.4, -0.2) is 66.2 Å². The van der Waals surface area contributed by atoms with Crippen molar-refractivity contribution in [2.24, 2.45) is 11.8 Å². The van der Waals surface area contributed by atoms with Crippen molar-refractivity contribution in [2.75, 3.05) is 0 Å². The van der Waals surface area contributed by atoms with E-state index in [1.165, 1.54) is 6.08 Å². The van der Waals surface area contributed by atoms with Gasteiger partial charge in [-0.25, -0.2) is 4.98 Å². The van der Waals surface area contributed by atoms with Gasteiger partial charge in [0.15, 0.2) is 34.7 Å². The number of carbonyl (C=O) groups excluding carboxylic acids is 8. The van der Waals surface area contributed by atoms with E-state index < -0.39 is 0 Å². The Labute approximate surface area is 415 Å². The number of hydrogen-bond donors (Lipinski definition) is 1. The third kappa shape index (κ3) is 27.4. The molecule has 12 nitrogen and oxygen atoms in total. The molecule has 4 aromatic rings. The van der Waals surface area contributed by atoms with E-state index in [0.29, 0.717) is 46.5 Å². The van der Waals surface area contributed by atoms with Crippen LogP contribution in [0.15, 0.2) is 139 Å². The van der Waals surface area contributed by atoms with E-state index >= 15 is 0 Å². The Balaban J connectivity index is 0.000000916. The summed E-state index contributed by atoms with van der Waals surface area (Å²) in [5.74, 6) is 0.739. The highest BCUT2D eigenvalue weighted by Crippen LogP contribution is 2.13. The number of benzene rings is 1. The van der Waals surface area contributed by atoms with Gasteiger partial charge >= 0.3 is 0 Å². The molecule has 0 spiro atoms. The van der Waals surface area contributed by atoms with Crippen molar-refractivity contribution < 1.29 is 39.8 Å². The smallest absolute Gasteiger partial charge is 0.159 e. The van der Waals surface area contributed by atoms with Gasteiger partial charge in [-0.2, -0.15) is 0 Å². The van der Waals surface area contributed by atoms with Crippen molar-refractivity contribution >= 4 is 70.6 Å². The van der Waals surface area contributed by atoms with Gasteiger partial charge in [-0.05, 0) is 123 Å². The number of ketones is 8. The fourth-order valence-corrected chi connectivity index (χ4v) is 5.55. The molecule has 0 unspecified atom stereocenters. The largest absolute Gasteiger partial charge is 0.345 e. The van der Waals surface area contributed by atoms with Gasteiger partial charge in [0.2, 0.25) is 0 Å². The molecular weight excluding hydrogens is 881 g/mol. The average molecular weight is 953 g/mol. The summed E-state index contributed by atoms with van der Waals surface area (Å²) >= 11 is 0. The number of hydrogen-bond acceptors (Lipinski definition) is 11. The number of imidazole rings is 1. The monoisotopic (exact) mass is 953 g/mol. The number of rotatable bonds is 24. The lowest BCUT2D eigenvalue weighted by molar-refractivity contribution is -0.124. The normalized spacial score (nSPS) is 11.3. The first kappa shape index (κ1) is 60.5. The van der Waals surface area contributed by atoms with E-state index in [0.717, 1.165) is 17.0 Å². The molecule has 0 saturated heterocycles. The molecule has 4 rings (SSSR count). The SMILES string of the molecule is C/C(=C\c1ccccn1)C(=O)CCC(=O)C(C)C.C/C(=C\c1ncc[nH]1)C(=O)CCC(=O)C(C)C.C=C(C)C(=O)CCC(=O)/C(C)=C/c1ccccc1.C=C(C)C(=O)CCC(=O)/C=C/c1ccccn1.[HH]. The Morgan fingerprint density at radius 3 is 1.37 bits per heavy atom. The molecule has 1 aromatic carbocycles. The molecular formula is C58H72N4O8. The third-order valence-corrected chi connectivity index (χ3v) is 10.2. The molecule has 0 atom stereocenters. The number of allylic oxidation sites excluding steroid dienone is 6. The maximum atomic E-state index is 11.8. The van der Waals surface area contributed by atoms with Crippen LogP contribution in [0.25, 0.3) is 24.3 Å². The van der Waals surface area contributed by atoms with E-state index in [4.69, 9.17) is 0 Å². The lowest BCUT2D eigenvalue weighted by atomic mass is 10.0. The van der Waals surface area contributed by atoms with Crippen LogP contribution >= 0.6 is 0 Å². The second kappa shape index (κ2) is 33.9. The topological polar surface area (TPSA) is 191 Å². The van der Waals surface area contributed by atoms with Crippen molar-refractivity contribution in [3.63, 3.8) is 0 Å². The van der Waals surface area contributed by atoms with Crippen LogP contribution in [-0.2, 0) is 38.4 Å². The third-order valence-electron chi connectivity index (χ3n) is 10.2. The van der Waals surface area contributed by atoms with Gasteiger partial charge in [0.05, 0.1) is 11.4 Å². The summed E-state index contributed by atoms with van der Waals surface area (Å²) in [7, 11) is 0. The highest BCUT2D eigenvalue weighted by atomic mass is 16.2. The summed E-state index contributed by atoms with van der Waals surface area (Å²) < 4.78 is 0. The number of aromatic amines is 1. The standard InChI is InChI=1S/C16H18O2.C15H19NO2.C14H15NO2.C13H18N2O2.H2/c1-12(2)15(17)9-10-16(18)13(3)11-14-7-5-4-6-8-14;1-11(2)14(17)7-8-15(18)12(3)10-13-6-4-5-9-16-13;1-11(2)14(17)9-8-13(16)7-6-12-5-3-4-10-15-12;1-9(2)11(16)4-5-12(17)10(3)8-13-14-6-7-15-13;/h4-8,11H,1,9-10H2,2-3H3;4-6,9-11H,7-8H2,1-3H3;3-7,10H,1,8-9H2,2H3;6-9H,4-5H2,1-3H3,(H,14,15);1H/b13-11+;12-10+;7-6+;10-8+;. The summed E-state index contributed by atoms with van der Waals surface area (Å²) in [4.78, 5) is 107. The maximum Gasteiger partial charge on any atom is 0.159 e. The van der Waals surface area contributed by atoms with Crippen LogP contribution in [0, 0.1) is 11.8 Å². The van der Waals surface area contributed by atoms with Crippen molar-refractivity contribution in [3.05, 3.63) is 161 Å². The van der Waals surface area contributed by atoms with Crippen LogP contribution in [0.4, 0.5) is 0 Å². The molecule has 1 N–H and O–H groups in total. The average Bonchev–Trinajstić information content (AvgIpc) is 3.86. The molecule has 0 bridgehead atoms. The molecule has 0 amide bonds. The lowest BCUT2D eigenvalue weighted by Crippen LogP contribution is -2.10. The Morgan fingerprint density at radius 2 is 0.929 bits per heavy atom. The van der Waals surface area contributed by atoms with Gasteiger partial charge in [-0.15, -0.1) is 0 Å². The van der Waals surface area contributed by atoms with Crippen LogP contribution in [0.2, 0.25) is 0 Å². The number of carbonyl (C=O) groups is 8. The quantitative estimate of drug-likeness (QED) is 0.0657. The van der Waals surface area contributed by atoms with Crippen molar-refractivity contribution in [2.45, 2.75) is 114 Å². The molecule has 70 heavy (non-hydrogen) atoms. The molecule has 3 heterocycles. The van der Waals surface area contributed by atoms with E-state index in [1.807, 2.05) is 101 Å². The molecule has 372 valence electrons. The number of H-pyrrole nitrogens is 1. The summed E-state index contributed by atoms with van der Waals surface area (Å²) in [6, 6.07) is 20.7. The zero-order chi connectivity index (χ0) is 52.6. The Kier molecular flexibility index (Phi) is 29.3. The van der Waals surface area contributed by atoms with Crippen molar-refractivity contribution in [3.8, 4) is 0 Å². The first-order chi connectivity index (χ1) is 33.1. The van der Waals surface area contributed by atoms with Crippen LogP contribution < -0.4 is 0 Å². The van der Waals surface area contributed by atoms with Gasteiger partial charge in [-0.3, -0.25) is 48.3 Å². The van der Waals surface area contributed by atoms with E-state index in [2.05, 4.69) is 33.1 Å². The van der Waals surface area contributed by atoms with Crippen molar-refractivity contribution in [1.82, 2.24) is 19.9 Å². The predicted octanol–water partition coefficient (Wildman–Crippen LogP) is 11.9. The minimum absolute atomic E-state index is 0. The lowest BCUT2D eigenvalue weighted by Gasteiger charge is -2.03. The van der Waals surface area contributed by atoms with Gasteiger partial charge in [0.25, 0.3) is 0 Å². The van der Waals surface area contributed by atoms with Gasteiger partial charge < -0.3 is 4.98 Å². The van der Waals surface area contributed by atoms with Gasteiger partial charge in [0, 0.05) is 89.4 Å². The van der Waals surface area contributed by atoms with Gasteiger partial charge in [-0.1, -0.05) is 83.3 Å². The highest BCUT2D eigenvalue weighted by molar-refractivity contribution is 6.03. The summed E-state index contributed by atoms with van der Waals surface area (Å²) in [5.41, 5.74) is 5.43. The minimum Gasteiger partial charge on any atom is -0.345 e. The maximum absolute atomic E-state index is 11.8. The number of aromatic nitrogens is 4. The molecule has 0 aliphatic carbocycles. The number of nitrogens with one attached hydrogen (secondary N) is 1. The second-order valence-electron chi connectivity index (χ2n) is 17.1. The molecule has 0 aliphatic rings. The van der Waals surface area contributed by atoms with E-state index in [9.17, 15) is 38.4 Å². The zero-order valence-corrected chi connectivity index (χ0v) is 42.4. The van der Waals surface area contributed by atoms with Crippen molar-refractivity contribution in [1.29, 1.82) is 0 Å². The summed E-state index contributed by atoms with van der Waals surface area (Å²) in [5, 5.41) is 0. The molecule has 3 aromatic heterocycles. The number of nitrogens with zero attached hydrogens (tertiary/aromatic N) is 3. The van der Waals surface area contributed by atoms with Crippen LogP contribution in [0.1, 0.15) is 138 Å². The molecule has 0 aliphatic heterocycles. The molecule has 0 radical (unpaired) electrons. The summed E-state index contributed by atoms with van der Waals surface area (Å²) in [6.07, 6.45) is 17.2. The van der Waals surface area contributed by atoms with Crippen LogP contribution in [0.3, 0.4) is 0 Å². The number of Topliss-reactive ketones (excluding diaryl/α,β-unsaturated/α-hetero) is 7. The number of pyridine rings is 2. The fraction of sp³-hybridized carbons (Fsp3) is 0.328. The first-order valence-electron chi connectivity index (χ1n) is 23.3.